The van der Waals surface area contributed by atoms with Gasteiger partial charge in [0.2, 0.25) is 5.43 Å². The van der Waals surface area contributed by atoms with Gasteiger partial charge in [-0.05, 0) is 45.0 Å². The Morgan fingerprint density at radius 1 is 1.00 bits per heavy atom. The van der Waals surface area contributed by atoms with Crippen molar-refractivity contribution in [1.29, 1.82) is 0 Å². The van der Waals surface area contributed by atoms with Gasteiger partial charge in [-0.2, -0.15) is 0 Å². The fourth-order valence-electron chi connectivity index (χ4n) is 3.12. The SMILES string of the molecule is CCOC(=O)c1ccccc1NC(=O)COC(=O)c1cn(CC)c2nc(C)ccc2c1=O. The Morgan fingerprint density at radius 3 is 2.44 bits per heavy atom. The summed E-state index contributed by atoms with van der Waals surface area (Å²) in [6.45, 7) is 5.39. The molecule has 1 N–H and O–H groups in total. The Morgan fingerprint density at radius 2 is 1.72 bits per heavy atom. The van der Waals surface area contributed by atoms with Gasteiger partial charge in [0.15, 0.2) is 6.61 Å². The molecule has 2 aromatic heterocycles. The van der Waals surface area contributed by atoms with Gasteiger partial charge < -0.3 is 19.4 Å². The molecule has 1 amide bonds. The van der Waals surface area contributed by atoms with Crippen molar-refractivity contribution in [3.63, 3.8) is 0 Å². The van der Waals surface area contributed by atoms with E-state index in [0.29, 0.717) is 17.6 Å². The summed E-state index contributed by atoms with van der Waals surface area (Å²) in [4.78, 5) is 54.0. The molecule has 166 valence electrons. The van der Waals surface area contributed by atoms with E-state index < -0.39 is 29.9 Å². The Labute approximate surface area is 184 Å². The highest BCUT2D eigenvalue weighted by Gasteiger charge is 2.19. The Hall–Kier alpha value is -4.01. The lowest BCUT2D eigenvalue weighted by Gasteiger charge is -2.12. The number of amides is 1. The summed E-state index contributed by atoms with van der Waals surface area (Å²) in [6, 6.07) is 9.62. The Bertz CT molecular complexity index is 1250. The molecule has 0 aliphatic rings. The highest BCUT2D eigenvalue weighted by Crippen LogP contribution is 2.16. The van der Waals surface area contributed by atoms with E-state index in [-0.39, 0.29) is 23.4 Å². The molecule has 3 rings (SSSR count). The van der Waals surface area contributed by atoms with Crippen LogP contribution in [-0.2, 0) is 20.8 Å². The number of fused-ring (bicyclic) bond motifs is 1. The van der Waals surface area contributed by atoms with Crippen molar-refractivity contribution in [2.75, 3.05) is 18.5 Å². The zero-order chi connectivity index (χ0) is 23.3. The molecule has 32 heavy (non-hydrogen) atoms. The lowest BCUT2D eigenvalue weighted by molar-refractivity contribution is -0.119. The van der Waals surface area contributed by atoms with Crippen LogP contribution in [-0.4, -0.2) is 40.6 Å². The fraction of sp³-hybridized carbons (Fsp3) is 0.261. The summed E-state index contributed by atoms with van der Waals surface area (Å²) < 4.78 is 11.7. The molecule has 0 unspecified atom stereocenters. The van der Waals surface area contributed by atoms with Crippen molar-refractivity contribution < 1.29 is 23.9 Å². The van der Waals surface area contributed by atoms with Crippen LogP contribution in [0.3, 0.4) is 0 Å². The van der Waals surface area contributed by atoms with Gasteiger partial charge in [0.1, 0.15) is 11.2 Å². The third-order valence-corrected chi connectivity index (χ3v) is 4.65. The van der Waals surface area contributed by atoms with Crippen LogP contribution in [0.15, 0.2) is 47.4 Å². The van der Waals surface area contributed by atoms with Crippen LogP contribution >= 0.6 is 0 Å². The van der Waals surface area contributed by atoms with Crippen LogP contribution in [0.2, 0.25) is 0 Å². The smallest absolute Gasteiger partial charge is 0.344 e. The molecule has 0 atom stereocenters. The van der Waals surface area contributed by atoms with Gasteiger partial charge >= 0.3 is 11.9 Å². The molecule has 9 heteroatoms. The Balaban J connectivity index is 1.76. The van der Waals surface area contributed by atoms with Gasteiger partial charge in [-0.15, -0.1) is 0 Å². The number of nitrogens with zero attached hydrogens (tertiary/aromatic N) is 2. The van der Waals surface area contributed by atoms with Crippen molar-refractivity contribution in [2.45, 2.75) is 27.3 Å². The van der Waals surface area contributed by atoms with E-state index in [0.717, 1.165) is 5.69 Å². The maximum atomic E-state index is 12.8. The van der Waals surface area contributed by atoms with Crippen LogP contribution < -0.4 is 10.7 Å². The number of rotatable bonds is 7. The maximum Gasteiger partial charge on any atom is 0.344 e. The molecule has 0 aliphatic carbocycles. The summed E-state index contributed by atoms with van der Waals surface area (Å²) >= 11 is 0. The number of hydrogen-bond donors (Lipinski definition) is 1. The predicted molar refractivity (Wildman–Crippen MR) is 118 cm³/mol. The minimum atomic E-state index is -0.923. The number of carbonyl (C=O) groups is 3. The average Bonchev–Trinajstić information content (AvgIpc) is 2.78. The van der Waals surface area contributed by atoms with E-state index in [9.17, 15) is 19.2 Å². The van der Waals surface area contributed by atoms with Crippen molar-refractivity contribution >= 4 is 34.6 Å². The molecule has 0 radical (unpaired) electrons. The van der Waals surface area contributed by atoms with Gasteiger partial charge in [-0.1, -0.05) is 12.1 Å². The molecule has 3 aromatic rings. The number of carbonyl (C=O) groups excluding carboxylic acids is 3. The zero-order valence-electron chi connectivity index (χ0n) is 18.0. The molecule has 0 saturated carbocycles. The molecule has 9 nitrogen and oxygen atoms in total. The monoisotopic (exact) mass is 437 g/mol. The van der Waals surface area contributed by atoms with Crippen LogP contribution in [0, 0.1) is 6.92 Å². The number of hydrogen-bond acceptors (Lipinski definition) is 7. The number of aromatic nitrogens is 2. The van der Waals surface area contributed by atoms with E-state index in [1.54, 1.807) is 35.8 Å². The largest absolute Gasteiger partial charge is 0.462 e. The zero-order valence-corrected chi connectivity index (χ0v) is 18.0. The normalized spacial score (nSPS) is 10.6. The minimum absolute atomic E-state index is 0.178. The average molecular weight is 437 g/mol. The lowest BCUT2D eigenvalue weighted by atomic mass is 10.1. The molecular formula is C23H23N3O6. The first-order valence-electron chi connectivity index (χ1n) is 10.1. The third-order valence-electron chi connectivity index (χ3n) is 4.65. The number of ether oxygens (including phenoxy) is 2. The molecular weight excluding hydrogens is 414 g/mol. The van der Waals surface area contributed by atoms with Crippen molar-refractivity contribution in [3.8, 4) is 0 Å². The van der Waals surface area contributed by atoms with Crippen molar-refractivity contribution in [2.24, 2.45) is 0 Å². The van der Waals surface area contributed by atoms with Crippen molar-refractivity contribution in [1.82, 2.24) is 9.55 Å². The molecule has 0 spiro atoms. The summed E-state index contributed by atoms with van der Waals surface area (Å²) in [5.41, 5.74) is 0.918. The van der Waals surface area contributed by atoms with E-state index in [1.165, 1.54) is 18.3 Å². The first-order chi connectivity index (χ1) is 15.3. The molecule has 0 aliphatic heterocycles. The lowest BCUT2D eigenvalue weighted by Crippen LogP contribution is -2.26. The summed E-state index contributed by atoms with van der Waals surface area (Å²) in [6.07, 6.45) is 1.38. The van der Waals surface area contributed by atoms with Crippen LogP contribution in [0.1, 0.15) is 40.3 Å². The predicted octanol–water partition coefficient (Wildman–Crippen LogP) is 2.70. The van der Waals surface area contributed by atoms with Crippen LogP contribution in [0.25, 0.3) is 11.0 Å². The summed E-state index contributed by atoms with van der Waals surface area (Å²) in [5.74, 6) is -2.17. The van der Waals surface area contributed by atoms with Crippen molar-refractivity contribution in [3.05, 3.63) is 69.6 Å². The standard InChI is InChI=1S/C23H23N3O6/c1-4-26-12-17(20(28)16-11-10-14(3)24-21(16)26)23(30)32-13-19(27)25-18-9-7-6-8-15(18)22(29)31-5-2/h6-12H,4-5,13H2,1-3H3,(H,25,27). The maximum absolute atomic E-state index is 12.8. The van der Waals surface area contributed by atoms with Gasteiger partial charge in [0, 0.05) is 18.4 Å². The fourth-order valence-corrected chi connectivity index (χ4v) is 3.12. The van der Waals surface area contributed by atoms with Crippen LogP contribution in [0.4, 0.5) is 5.69 Å². The first-order valence-corrected chi connectivity index (χ1v) is 10.1. The van der Waals surface area contributed by atoms with Crippen LogP contribution in [0.5, 0.6) is 0 Å². The number of nitrogens with one attached hydrogen (secondary N) is 1. The summed E-state index contributed by atoms with van der Waals surface area (Å²) in [5, 5.41) is 2.81. The van der Waals surface area contributed by atoms with Gasteiger partial charge in [0.25, 0.3) is 5.91 Å². The Kier molecular flexibility index (Phi) is 6.99. The van der Waals surface area contributed by atoms with E-state index >= 15 is 0 Å². The molecule has 0 bridgehead atoms. The highest BCUT2D eigenvalue weighted by atomic mass is 16.5. The second kappa shape index (κ2) is 9.86. The molecule has 1 aromatic carbocycles. The third kappa shape index (κ3) is 4.83. The number of para-hydroxylation sites is 1. The first kappa shape index (κ1) is 22.7. The number of esters is 2. The summed E-state index contributed by atoms with van der Waals surface area (Å²) in [7, 11) is 0. The molecule has 0 saturated heterocycles. The van der Waals surface area contributed by atoms with E-state index in [1.807, 2.05) is 13.8 Å². The van der Waals surface area contributed by atoms with Gasteiger partial charge in [0.05, 0.1) is 23.2 Å². The number of aryl methyl sites for hydroxylation is 2. The van der Waals surface area contributed by atoms with E-state index in [2.05, 4.69) is 10.3 Å². The topological polar surface area (TPSA) is 117 Å². The quantitative estimate of drug-likeness (QED) is 0.565. The van der Waals surface area contributed by atoms with Gasteiger partial charge in [-0.3, -0.25) is 9.59 Å². The molecule has 0 fully saturated rings. The second-order valence-electron chi connectivity index (χ2n) is 6.87. The molecule has 2 heterocycles. The van der Waals surface area contributed by atoms with E-state index in [4.69, 9.17) is 9.47 Å². The minimum Gasteiger partial charge on any atom is -0.462 e. The number of anilines is 1. The van der Waals surface area contributed by atoms with Gasteiger partial charge in [-0.25, -0.2) is 14.6 Å². The highest BCUT2D eigenvalue weighted by molar-refractivity contribution is 6.02. The number of pyridine rings is 2. The second-order valence-corrected chi connectivity index (χ2v) is 6.87. The number of benzene rings is 1.